The molecule has 2 atom stereocenters. The molecule has 0 amide bonds. The zero-order valence-corrected chi connectivity index (χ0v) is 17.8. The molecule has 5 rings (SSSR count). The van der Waals surface area contributed by atoms with Gasteiger partial charge in [0, 0.05) is 35.4 Å². The van der Waals surface area contributed by atoms with Crippen molar-refractivity contribution in [1.82, 2.24) is 24.3 Å². The summed E-state index contributed by atoms with van der Waals surface area (Å²) in [6.07, 6.45) is 7.89. The Morgan fingerprint density at radius 3 is 2.68 bits per heavy atom. The molecule has 0 radical (unpaired) electrons. The fourth-order valence-electron chi connectivity index (χ4n) is 4.31. The molecule has 1 aromatic carbocycles. The summed E-state index contributed by atoms with van der Waals surface area (Å²) in [5.74, 6) is 0. The van der Waals surface area contributed by atoms with Gasteiger partial charge in [0.1, 0.15) is 11.2 Å². The summed E-state index contributed by atoms with van der Waals surface area (Å²) < 4.78 is 3.37. The van der Waals surface area contributed by atoms with E-state index in [1.807, 2.05) is 25.4 Å². The third kappa shape index (κ3) is 3.75. The third-order valence-electron chi connectivity index (χ3n) is 5.90. The first-order chi connectivity index (χ1) is 15.0. The molecular formula is C23H22ClN5O2. The summed E-state index contributed by atoms with van der Waals surface area (Å²) in [5, 5.41) is 15.5. The average Bonchev–Trinajstić information content (AvgIpc) is 3.20. The first kappa shape index (κ1) is 19.9. The largest absolute Gasteiger partial charge is 0.393 e. The number of nitrogens with zero attached hydrogens (tertiary/aromatic N) is 5. The molecular weight excluding hydrogens is 414 g/mol. The number of fused-ring (bicyclic) bond motifs is 1. The number of aromatic nitrogens is 5. The van der Waals surface area contributed by atoms with E-state index in [1.54, 1.807) is 40.0 Å². The highest BCUT2D eigenvalue weighted by Gasteiger charge is 2.24. The van der Waals surface area contributed by atoms with Crippen molar-refractivity contribution >= 4 is 22.5 Å². The molecule has 8 heteroatoms. The molecule has 0 aliphatic heterocycles. The van der Waals surface area contributed by atoms with Gasteiger partial charge in [0.15, 0.2) is 0 Å². The molecule has 1 N–H and O–H groups in total. The van der Waals surface area contributed by atoms with Gasteiger partial charge in [-0.2, -0.15) is 5.10 Å². The highest BCUT2D eigenvalue weighted by Crippen LogP contribution is 2.31. The summed E-state index contributed by atoms with van der Waals surface area (Å²) >= 11 is 6.05. The lowest BCUT2D eigenvalue weighted by molar-refractivity contribution is 0.103. The predicted molar refractivity (Wildman–Crippen MR) is 120 cm³/mol. The number of hydrogen-bond acceptors (Lipinski definition) is 5. The van der Waals surface area contributed by atoms with Crippen molar-refractivity contribution in [3.8, 4) is 22.5 Å². The number of rotatable bonds is 3. The van der Waals surface area contributed by atoms with Crippen LogP contribution in [0.3, 0.4) is 0 Å². The summed E-state index contributed by atoms with van der Waals surface area (Å²) in [7, 11) is 1.84. The molecule has 3 aromatic heterocycles. The Kier molecular flexibility index (Phi) is 5.08. The highest BCUT2D eigenvalue weighted by atomic mass is 35.5. The van der Waals surface area contributed by atoms with E-state index in [0.717, 1.165) is 30.4 Å². The van der Waals surface area contributed by atoms with E-state index in [1.165, 1.54) is 0 Å². The molecule has 1 fully saturated rings. The molecule has 2 unspecified atom stereocenters. The molecule has 0 bridgehead atoms. The van der Waals surface area contributed by atoms with Crippen LogP contribution >= 0.6 is 11.6 Å². The van der Waals surface area contributed by atoms with Crippen molar-refractivity contribution in [2.45, 2.75) is 37.8 Å². The second-order valence-electron chi connectivity index (χ2n) is 8.09. The van der Waals surface area contributed by atoms with Gasteiger partial charge in [-0.1, -0.05) is 23.7 Å². The van der Waals surface area contributed by atoms with Crippen LogP contribution in [0.1, 0.15) is 31.7 Å². The zero-order valence-electron chi connectivity index (χ0n) is 17.1. The van der Waals surface area contributed by atoms with Crippen molar-refractivity contribution in [2.24, 2.45) is 7.05 Å². The summed E-state index contributed by atoms with van der Waals surface area (Å²) in [4.78, 5) is 23.0. The Morgan fingerprint density at radius 1 is 1.16 bits per heavy atom. The van der Waals surface area contributed by atoms with Gasteiger partial charge in [0.25, 0.3) is 5.56 Å². The maximum atomic E-state index is 13.5. The SMILES string of the molecule is Cn1cc(-c2nc(-c3ccc(Cl)cc3)cc3c(=O)n(C4CCCC(O)C4)cnc23)cn1. The maximum Gasteiger partial charge on any atom is 0.261 e. The number of aliphatic hydroxyl groups is 1. The van der Waals surface area contributed by atoms with Gasteiger partial charge < -0.3 is 5.11 Å². The van der Waals surface area contributed by atoms with Crippen LogP contribution in [0, 0.1) is 0 Å². The quantitative estimate of drug-likeness (QED) is 0.526. The Bertz CT molecular complexity index is 1310. The number of benzene rings is 1. The van der Waals surface area contributed by atoms with Crippen LogP contribution in [0.2, 0.25) is 5.02 Å². The lowest BCUT2D eigenvalue weighted by atomic mass is 9.93. The highest BCUT2D eigenvalue weighted by molar-refractivity contribution is 6.30. The van der Waals surface area contributed by atoms with Crippen LogP contribution in [0.15, 0.2) is 53.8 Å². The van der Waals surface area contributed by atoms with E-state index in [-0.39, 0.29) is 17.7 Å². The summed E-state index contributed by atoms with van der Waals surface area (Å²) in [5.41, 5.74) is 3.36. The van der Waals surface area contributed by atoms with Gasteiger partial charge >= 0.3 is 0 Å². The van der Waals surface area contributed by atoms with Crippen molar-refractivity contribution in [3.05, 3.63) is 64.4 Å². The second-order valence-corrected chi connectivity index (χ2v) is 8.53. The molecule has 1 aliphatic carbocycles. The minimum atomic E-state index is -0.380. The van der Waals surface area contributed by atoms with E-state index in [4.69, 9.17) is 16.6 Å². The van der Waals surface area contributed by atoms with E-state index < -0.39 is 0 Å². The van der Waals surface area contributed by atoms with Gasteiger partial charge in [-0.15, -0.1) is 0 Å². The third-order valence-corrected chi connectivity index (χ3v) is 6.15. The van der Waals surface area contributed by atoms with Crippen LogP contribution in [0.5, 0.6) is 0 Å². The van der Waals surface area contributed by atoms with E-state index in [9.17, 15) is 9.90 Å². The molecule has 1 aliphatic rings. The monoisotopic (exact) mass is 435 g/mol. The van der Waals surface area contributed by atoms with E-state index >= 15 is 0 Å². The molecule has 158 valence electrons. The fraction of sp³-hybridized carbons (Fsp3) is 0.304. The number of hydrogen-bond donors (Lipinski definition) is 1. The maximum absolute atomic E-state index is 13.5. The predicted octanol–water partition coefficient (Wildman–Crippen LogP) is 3.99. The smallest absolute Gasteiger partial charge is 0.261 e. The number of aliphatic hydroxyl groups excluding tert-OH is 1. The standard InChI is InChI=1S/C23H22ClN5O2/c1-28-12-15(11-26-28)21-22-19(10-20(27-21)14-5-7-16(24)8-6-14)23(31)29(13-25-22)17-3-2-4-18(30)9-17/h5-8,10-13,17-18,30H,2-4,9H2,1H3. The van der Waals surface area contributed by atoms with Crippen LogP contribution in [0.4, 0.5) is 0 Å². The Balaban J connectivity index is 1.74. The van der Waals surface area contributed by atoms with Crippen LogP contribution in [0.25, 0.3) is 33.4 Å². The minimum absolute atomic E-state index is 0.0536. The van der Waals surface area contributed by atoms with Gasteiger partial charge in [-0.3, -0.25) is 14.0 Å². The number of halogens is 1. The minimum Gasteiger partial charge on any atom is -0.393 e. The van der Waals surface area contributed by atoms with Crippen LogP contribution in [-0.2, 0) is 7.05 Å². The van der Waals surface area contributed by atoms with Crippen molar-refractivity contribution in [3.63, 3.8) is 0 Å². The molecule has 0 spiro atoms. The Labute approximate surface area is 184 Å². The summed E-state index contributed by atoms with van der Waals surface area (Å²) in [6.45, 7) is 0. The first-order valence-electron chi connectivity index (χ1n) is 10.3. The zero-order chi connectivity index (χ0) is 21.5. The lowest BCUT2D eigenvalue weighted by Gasteiger charge is -2.27. The molecule has 4 aromatic rings. The normalized spacial score (nSPS) is 19.1. The van der Waals surface area contributed by atoms with Crippen molar-refractivity contribution in [1.29, 1.82) is 0 Å². The molecule has 3 heterocycles. The number of aryl methyl sites for hydroxylation is 1. The van der Waals surface area contributed by atoms with Crippen molar-refractivity contribution < 1.29 is 5.11 Å². The van der Waals surface area contributed by atoms with Gasteiger partial charge in [-0.25, -0.2) is 9.97 Å². The fourth-order valence-corrected chi connectivity index (χ4v) is 4.43. The average molecular weight is 436 g/mol. The lowest BCUT2D eigenvalue weighted by Crippen LogP contribution is -2.30. The van der Waals surface area contributed by atoms with Gasteiger partial charge in [0.2, 0.25) is 0 Å². The molecule has 1 saturated carbocycles. The van der Waals surface area contributed by atoms with E-state index in [0.29, 0.717) is 33.7 Å². The van der Waals surface area contributed by atoms with Gasteiger partial charge in [-0.05, 0) is 43.9 Å². The number of pyridine rings is 1. The Hall–Kier alpha value is -3.03. The van der Waals surface area contributed by atoms with Gasteiger partial charge in [0.05, 0.1) is 29.7 Å². The second kappa shape index (κ2) is 7.90. The molecule has 0 saturated heterocycles. The molecule has 7 nitrogen and oxygen atoms in total. The van der Waals surface area contributed by atoms with E-state index in [2.05, 4.69) is 10.1 Å². The van der Waals surface area contributed by atoms with Crippen LogP contribution in [-0.4, -0.2) is 35.5 Å². The van der Waals surface area contributed by atoms with Crippen LogP contribution < -0.4 is 5.56 Å². The first-order valence-corrected chi connectivity index (χ1v) is 10.7. The summed E-state index contributed by atoms with van der Waals surface area (Å²) in [6, 6.07) is 9.12. The van der Waals surface area contributed by atoms with Crippen molar-refractivity contribution in [2.75, 3.05) is 0 Å². The topological polar surface area (TPSA) is 85.8 Å². The molecule has 31 heavy (non-hydrogen) atoms. The Morgan fingerprint density at radius 2 is 1.97 bits per heavy atom.